The summed E-state index contributed by atoms with van der Waals surface area (Å²) in [5.74, 6) is 1.04. The second-order valence-electron chi connectivity index (χ2n) is 4.94. The van der Waals surface area contributed by atoms with Gasteiger partial charge in [0, 0.05) is 30.4 Å². The smallest absolute Gasteiger partial charge is 0.167 e. The summed E-state index contributed by atoms with van der Waals surface area (Å²) < 4.78 is 11.2. The maximum Gasteiger partial charge on any atom is 0.167 e. The van der Waals surface area contributed by atoms with Crippen LogP contribution in [-0.2, 0) is 0 Å². The molecule has 0 fully saturated rings. The highest BCUT2D eigenvalue weighted by Crippen LogP contribution is 2.41. The number of aliphatic hydroxyl groups excluding tert-OH is 1. The minimum absolute atomic E-state index is 0.240. The van der Waals surface area contributed by atoms with Gasteiger partial charge in [0.2, 0.25) is 0 Å². The number of pyridine rings is 1. The molecule has 2 heterocycles. The number of ether oxygens (including phenoxy) is 2. The molecule has 1 aliphatic rings. The molecule has 5 heteroatoms. The summed E-state index contributed by atoms with van der Waals surface area (Å²) in [6, 6.07) is 9.29. The van der Waals surface area contributed by atoms with Crippen LogP contribution in [0.2, 0.25) is 0 Å². The van der Waals surface area contributed by atoms with Gasteiger partial charge in [0.15, 0.2) is 11.5 Å². The Bertz CT molecular complexity index is 604. The van der Waals surface area contributed by atoms with Crippen LogP contribution in [0, 0.1) is 0 Å². The number of aliphatic hydroxyl groups is 1. The molecule has 0 aliphatic carbocycles. The number of para-hydroxylation sites is 1. The second kappa shape index (κ2) is 6.11. The molecule has 3 N–H and O–H groups in total. The number of aromatic nitrogens is 1. The van der Waals surface area contributed by atoms with Crippen molar-refractivity contribution in [3.05, 3.63) is 53.9 Å². The number of hydrogen-bond acceptors (Lipinski definition) is 5. The standard InChI is InChI=1S/C16H18N2O3/c17-9-13(11-3-2-6-18-10-11)15(19)12-4-1-5-14-16(12)21-8-7-20-14/h1-6,10,13,15,19H,7-9,17H2. The van der Waals surface area contributed by atoms with E-state index in [1.165, 1.54) is 0 Å². The quantitative estimate of drug-likeness (QED) is 0.893. The summed E-state index contributed by atoms with van der Waals surface area (Å²) in [5, 5.41) is 10.7. The number of fused-ring (bicyclic) bond motifs is 1. The highest BCUT2D eigenvalue weighted by atomic mass is 16.6. The summed E-state index contributed by atoms with van der Waals surface area (Å²) in [4.78, 5) is 4.09. The van der Waals surface area contributed by atoms with E-state index < -0.39 is 6.10 Å². The number of rotatable bonds is 4. The first kappa shape index (κ1) is 13.9. The van der Waals surface area contributed by atoms with Gasteiger partial charge in [-0.3, -0.25) is 4.98 Å². The zero-order chi connectivity index (χ0) is 14.7. The molecule has 0 radical (unpaired) electrons. The molecule has 0 bridgehead atoms. The van der Waals surface area contributed by atoms with Crippen molar-refractivity contribution in [1.29, 1.82) is 0 Å². The highest BCUT2D eigenvalue weighted by molar-refractivity contribution is 5.49. The van der Waals surface area contributed by atoms with Crippen LogP contribution in [0.5, 0.6) is 11.5 Å². The van der Waals surface area contributed by atoms with Crippen LogP contribution < -0.4 is 15.2 Å². The monoisotopic (exact) mass is 286 g/mol. The van der Waals surface area contributed by atoms with E-state index in [4.69, 9.17) is 15.2 Å². The SMILES string of the molecule is NCC(c1cccnc1)C(O)c1cccc2c1OCCO2. The van der Waals surface area contributed by atoms with Gasteiger partial charge in [-0.15, -0.1) is 0 Å². The van der Waals surface area contributed by atoms with Gasteiger partial charge in [-0.05, 0) is 17.7 Å². The largest absolute Gasteiger partial charge is 0.486 e. The molecule has 2 unspecified atom stereocenters. The van der Waals surface area contributed by atoms with Crippen molar-refractivity contribution < 1.29 is 14.6 Å². The molecular weight excluding hydrogens is 268 g/mol. The Hall–Kier alpha value is -2.11. The van der Waals surface area contributed by atoms with Crippen LogP contribution in [0.3, 0.4) is 0 Å². The van der Waals surface area contributed by atoms with E-state index in [0.717, 1.165) is 5.56 Å². The molecule has 5 nitrogen and oxygen atoms in total. The minimum Gasteiger partial charge on any atom is -0.486 e. The molecule has 21 heavy (non-hydrogen) atoms. The lowest BCUT2D eigenvalue weighted by Gasteiger charge is -2.27. The fourth-order valence-electron chi connectivity index (χ4n) is 2.59. The Labute approximate surface area is 123 Å². The Kier molecular flexibility index (Phi) is 4.03. The zero-order valence-corrected chi connectivity index (χ0v) is 11.6. The fraction of sp³-hybridized carbons (Fsp3) is 0.312. The van der Waals surface area contributed by atoms with Gasteiger partial charge >= 0.3 is 0 Å². The van der Waals surface area contributed by atoms with Crippen molar-refractivity contribution in [2.75, 3.05) is 19.8 Å². The van der Waals surface area contributed by atoms with Crippen molar-refractivity contribution in [2.45, 2.75) is 12.0 Å². The van der Waals surface area contributed by atoms with Gasteiger partial charge in [0.25, 0.3) is 0 Å². The lowest BCUT2D eigenvalue weighted by molar-refractivity contribution is 0.129. The average Bonchev–Trinajstić information content (AvgIpc) is 2.56. The lowest BCUT2D eigenvalue weighted by Crippen LogP contribution is -2.23. The molecule has 0 amide bonds. The molecule has 0 saturated carbocycles. The van der Waals surface area contributed by atoms with E-state index in [1.807, 2.05) is 30.3 Å². The van der Waals surface area contributed by atoms with Crippen molar-refractivity contribution in [2.24, 2.45) is 5.73 Å². The molecule has 0 spiro atoms. The summed E-state index contributed by atoms with van der Waals surface area (Å²) in [7, 11) is 0. The van der Waals surface area contributed by atoms with Gasteiger partial charge in [0.1, 0.15) is 13.2 Å². The summed E-state index contributed by atoms with van der Waals surface area (Å²) in [6.07, 6.45) is 2.66. The van der Waals surface area contributed by atoms with E-state index in [1.54, 1.807) is 12.4 Å². The Morgan fingerprint density at radius 1 is 1.19 bits per heavy atom. The van der Waals surface area contributed by atoms with Crippen LogP contribution in [0.15, 0.2) is 42.7 Å². The van der Waals surface area contributed by atoms with Crippen LogP contribution >= 0.6 is 0 Å². The number of hydrogen-bond donors (Lipinski definition) is 2. The van der Waals surface area contributed by atoms with Crippen LogP contribution in [-0.4, -0.2) is 29.8 Å². The topological polar surface area (TPSA) is 77.6 Å². The molecule has 3 rings (SSSR count). The van der Waals surface area contributed by atoms with E-state index >= 15 is 0 Å². The molecular formula is C16H18N2O3. The molecule has 2 aromatic rings. The number of nitrogens with zero attached hydrogens (tertiary/aromatic N) is 1. The Morgan fingerprint density at radius 2 is 2.05 bits per heavy atom. The van der Waals surface area contributed by atoms with E-state index in [2.05, 4.69) is 4.98 Å². The molecule has 0 saturated heterocycles. The van der Waals surface area contributed by atoms with Crippen LogP contribution in [0.1, 0.15) is 23.1 Å². The average molecular weight is 286 g/mol. The maximum absolute atomic E-state index is 10.7. The predicted molar refractivity (Wildman–Crippen MR) is 78.4 cm³/mol. The molecule has 110 valence electrons. The van der Waals surface area contributed by atoms with Gasteiger partial charge in [0.05, 0.1) is 6.10 Å². The molecule has 1 aromatic heterocycles. The van der Waals surface area contributed by atoms with Crippen molar-refractivity contribution >= 4 is 0 Å². The minimum atomic E-state index is -0.768. The normalized spacial score (nSPS) is 16.3. The second-order valence-corrected chi connectivity index (χ2v) is 4.94. The van der Waals surface area contributed by atoms with Crippen LogP contribution in [0.25, 0.3) is 0 Å². The van der Waals surface area contributed by atoms with Gasteiger partial charge in [-0.2, -0.15) is 0 Å². The van der Waals surface area contributed by atoms with E-state index in [9.17, 15) is 5.11 Å². The van der Waals surface area contributed by atoms with Gasteiger partial charge in [-0.25, -0.2) is 0 Å². The van der Waals surface area contributed by atoms with E-state index in [0.29, 0.717) is 36.8 Å². The Balaban J connectivity index is 1.96. The third kappa shape index (κ3) is 2.70. The van der Waals surface area contributed by atoms with E-state index in [-0.39, 0.29) is 5.92 Å². The third-order valence-electron chi connectivity index (χ3n) is 3.66. The van der Waals surface area contributed by atoms with Crippen molar-refractivity contribution in [3.63, 3.8) is 0 Å². The first-order chi connectivity index (χ1) is 10.3. The highest BCUT2D eigenvalue weighted by Gasteiger charge is 2.27. The fourth-order valence-corrected chi connectivity index (χ4v) is 2.59. The van der Waals surface area contributed by atoms with Crippen molar-refractivity contribution in [1.82, 2.24) is 4.98 Å². The third-order valence-corrected chi connectivity index (χ3v) is 3.66. The Morgan fingerprint density at radius 3 is 2.81 bits per heavy atom. The summed E-state index contributed by atoms with van der Waals surface area (Å²) in [6.45, 7) is 1.32. The summed E-state index contributed by atoms with van der Waals surface area (Å²) >= 11 is 0. The molecule has 1 aliphatic heterocycles. The number of benzene rings is 1. The summed E-state index contributed by atoms with van der Waals surface area (Å²) in [5.41, 5.74) is 7.46. The molecule has 1 aromatic carbocycles. The first-order valence-electron chi connectivity index (χ1n) is 6.98. The number of nitrogens with two attached hydrogens (primary N) is 1. The van der Waals surface area contributed by atoms with Gasteiger partial charge < -0.3 is 20.3 Å². The molecule has 2 atom stereocenters. The maximum atomic E-state index is 10.7. The predicted octanol–water partition coefficient (Wildman–Crippen LogP) is 1.63. The van der Waals surface area contributed by atoms with Gasteiger partial charge in [-0.1, -0.05) is 18.2 Å². The van der Waals surface area contributed by atoms with Crippen molar-refractivity contribution in [3.8, 4) is 11.5 Å². The first-order valence-corrected chi connectivity index (χ1v) is 6.98. The zero-order valence-electron chi connectivity index (χ0n) is 11.6. The van der Waals surface area contributed by atoms with Crippen LogP contribution in [0.4, 0.5) is 0 Å². The lowest BCUT2D eigenvalue weighted by atomic mass is 9.89.